The Kier molecular flexibility index (Phi) is 13.1. The second-order valence-electron chi connectivity index (χ2n) is 16.1. The van der Waals surface area contributed by atoms with E-state index in [9.17, 15) is 19.2 Å². The molecule has 4 aromatic rings. The van der Waals surface area contributed by atoms with Gasteiger partial charge in [-0.1, -0.05) is 113 Å². The normalized spacial score (nSPS) is 20.3. The Morgan fingerprint density at radius 2 is 0.966 bits per heavy atom. The van der Waals surface area contributed by atoms with E-state index in [-0.39, 0.29) is 47.6 Å². The number of rotatable bonds is 11. The van der Waals surface area contributed by atoms with Gasteiger partial charge in [-0.3, -0.25) is 9.59 Å². The van der Waals surface area contributed by atoms with Crippen LogP contribution in [0.3, 0.4) is 0 Å². The smallest absolute Gasteiger partial charge is 0.407 e. The minimum atomic E-state index is -0.744. The van der Waals surface area contributed by atoms with Gasteiger partial charge < -0.3 is 39.9 Å². The van der Waals surface area contributed by atoms with Crippen LogP contribution in [0.2, 0.25) is 10.3 Å². The first-order valence-corrected chi connectivity index (χ1v) is 20.4. The third-order valence-corrected chi connectivity index (χ3v) is 11.6. The Morgan fingerprint density at radius 3 is 1.28 bits per heavy atom. The van der Waals surface area contributed by atoms with Crippen LogP contribution < -0.4 is 10.6 Å². The molecule has 0 aliphatic carbocycles. The van der Waals surface area contributed by atoms with E-state index in [1.54, 1.807) is 9.80 Å². The molecule has 2 saturated heterocycles. The highest BCUT2D eigenvalue weighted by Gasteiger charge is 2.42. The van der Waals surface area contributed by atoms with E-state index in [0.717, 1.165) is 22.3 Å². The lowest BCUT2D eigenvalue weighted by Gasteiger charge is -2.30. The highest BCUT2D eigenvalue weighted by molar-refractivity contribution is 6.32. The van der Waals surface area contributed by atoms with Crippen molar-refractivity contribution in [3.63, 3.8) is 0 Å². The molecule has 2 fully saturated rings. The Balaban J connectivity index is 1.17. The summed E-state index contributed by atoms with van der Waals surface area (Å²) in [6.45, 7) is 12.8. The average Bonchev–Trinajstić information content (AvgIpc) is 3.99. The van der Waals surface area contributed by atoms with Crippen LogP contribution in [0.5, 0.6) is 0 Å². The number of nitrogens with zero attached hydrogens (tertiary/aromatic N) is 4. The highest BCUT2D eigenvalue weighted by Crippen LogP contribution is 2.40. The standard InChI is InChI=1S/C42H52Cl2N8O6/c1-21(2)31(47-41(55)57-7)39(53)51-19-23(5)17-29(51)37-45-33(35(43)49-37)27-13-9-25(10-14-27)26-11-15-28(16-12-26)34-36(44)50-38(46-34)30-18-24(6)20-52(30)40(54)32(22(3)4)48-42(56)58-8/h9-16,21-24,29-32H,17-20H2,1-8H3,(H,45,49)(H,46,50)(H,47,55)(H,48,56). The molecule has 2 aliphatic heterocycles. The van der Waals surface area contributed by atoms with Crippen molar-refractivity contribution in [3.8, 4) is 33.6 Å². The number of methoxy groups -OCH3 is 2. The van der Waals surface area contributed by atoms with Crippen molar-refractivity contribution in [2.45, 2.75) is 78.6 Å². The van der Waals surface area contributed by atoms with Crippen LogP contribution in [0.15, 0.2) is 48.5 Å². The van der Waals surface area contributed by atoms with Crippen molar-refractivity contribution >= 4 is 47.2 Å². The van der Waals surface area contributed by atoms with Crippen LogP contribution in [0.25, 0.3) is 33.6 Å². The van der Waals surface area contributed by atoms with Crippen molar-refractivity contribution in [1.82, 2.24) is 40.4 Å². The third-order valence-electron chi connectivity index (χ3n) is 11.0. The van der Waals surface area contributed by atoms with Gasteiger partial charge in [-0.25, -0.2) is 19.6 Å². The van der Waals surface area contributed by atoms with Crippen molar-refractivity contribution in [2.75, 3.05) is 27.3 Å². The number of likely N-dealkylation sites (tertiary alicyclic amines) is 2. The number of carbonyl (C=O) groups excluding carboxylic acids is 4. The first-order valence-electron chi connectivity index (χ1n) is 19.6. The fourth-order valence-electron chi connectivity index (χ4n) is 7.93. The number of H-pyrrole nitrogens is 2. The Morgan fingerprint density at radius 1 is 0.638 bits per heavy atom. The van der Waals surface area contributed by atoms with E-state index in [2.05, 4.69) is 34.4 Å². The molecule has 6 unspecified atom stereocenters. The number of carbonyl (C=O) groups is 4. The number of aromatic amines is 2. The number of alkyl carbamates (subject to hydrolysis) is 2. The lowest BCUT2D eigenvalue weighted by atomic mass is 10.0. The number of hydrogen-bond acceptors (Lipinski definition) is 8. The van der Waals surface area contributed by atoms with E-state index in [4.69, 9.17) is 42.6 Å². The van der Waals surface area contributed by atoms with Gasteiger partial charge in [0.1, 0.15) is 45.4 Å². The number of benzene rings is 2. The summed E-state index contributed by atoms with van der Waals surface area (Å²) in [7, 11) is 2.55. The molecule has 58 heavy (non-hydrogen) atoms. The topological polar surface area (TPSA) is 175 Å². The van der Waals surface area contributed by atoms with Gasteiger partial charge in [0.05, 0.1) is 26.3 Å². The molecule has 4 amide bonds. The van der Waals surface area contributed by atoms with Crippen LogP contribution in [0.1, 0.15) is 78.1 Å². The summed E-state index contributed by atoms with van der Waals surface area (Å²) in [6, 6.07) is 13.7. The van der Waals surface area contributed by atoms with E-state index in [1.165, 1.54) is 14.2 Å². The minimum absolute atomic E-state index is 0.150. The van der Waals surface area contributed by atoms with E-state index >= 15 is 0 Å². The van der Waals surface area contributed by atoms with Crippen molar-refractivity contribution < 1.29 is 28.7 Å². The fraction of sp³-hybridized carbons (Fsp3) is 0.476. The third kappa shape index (κ3) is 8.97. The summed E-state index contributed by atoms with van der Waals surface area (Å²) in [6.07, 6.45) is 0.0925. The number of hydrogen-bond donors (Lipinski definition) is 4. The molecule has 4 N–H and O–H groups in total. The Labute approximate surface area is 348 Å². The number of ether oxygens (including phenoxy) is 2. The highest BCUT2D eigenvalue weighted by atomic mass is 35.5. The Hall–Kier alpha value is -5.08. The quantitative estimate of drug-likeness (QED) is 0.118. The van der Waals surface area contributed by atoms with Crippen LogP contribution in [0.4, 0.5) is 9.59 Å². The molecule has 14 nitrogen and oxygen atoms in total. The largest absolute Gasteiger partial charge is 0.453 e. The summed E-state index contributed by atoms with van der Waals surface area (Å²) >= 11 is 13.5. The molecule has 16 heteroatoms. The van der Waals surface area contributed by atoms with Gasteiger partial charge >= 0.3 is 12.2 Å². The van der Waals surface area contributed by atoms with Gasteiger partial charge in [0.25, 0.3) is 0 Å². The van der Waals surface area contributed by atoms with Gasteiger partial charge in [0.2, 0.25) is 11.8 Å². The lowest BCUT2D eigenvalue weighted by molar-refractivity contribution is -0.136. The SMILES string of the molecule is COC(=O)NC(C(=O)N1CC(C)CC1c1nc(-c2ccc(-c3ccc(-c4nc(C5CC(C)CN5C(=O)C(NC(=O)OC)C(C)C)[nH]c4Cl)cc3)cc2)c(Cl)[nH]1)C(C)C. The molecule has 2 aromatic heterocycles. The van der Waals surface area contributed by atoms with Crippen LogP contribution in [-0.2, 0) is 19.1 Å². The summed E-state index contributed by atoms with van der Waals surface area (Å²) in [5, 5.41) is 6.13. The van der Waals surface area contributed by atoms with Gasteiger partial charge in [-0.2, -0.15) is 0 Å². The average molecular weight is 836 g/mol. The molecule has 310 valence electrons. The zero-order chi connectivity index (χ0) is 42.0. The van der Waals surface area contributed by atoms with Crippen molar-refractivity contribution in [1.29, 1.82) is 0 Å². The number of amides is 4. The van der Waals surface area contributed by atoms with Gasteiger partial charge in [-0.05, 0) is 47.6 Å². The summed E-state index contributed by atoms with van der Waals surface area (Å²) in [4.78, 5) is 71.3. The molecular weight excluding hydrogens is 783 g/mol. The molecule has 4 heterocycles. The van der Waals surface area contributed by atoms with E-state index in [1.807, 2.05) is 76.2 Å². The number of halogens is 2. The summed E-state index contributed by atoms with van der Waals surface area (Å²) in [5.74, 6) is 0.949. The van der Waals surface area contributed by atoms with Crippen molar-refractivity contribution in [3.05, 3.63) is 70.5 Å². The second-order valence-corrected chi connectivity index (χ2v) is 16.9. The van der Waals surface area contributed by atoms with Gasteiger partial charge in [0, 0.05) is 24.2 Å². The fourth-order valence-corrected chi connectivity index (χ4v) is 8.43. The van der Waals surface area contributed by atoms with Crippen LogP contribution in [-0.4, -0.2) is 93.1 Å². The molecule has 2 aliphatic rings. The van der Waals surface area contributed by atoms with Crippen LogP contribution in [0, 0.1) is 23.7 Å². The van der Waals surface area contributed by atoms with E-state index < -0.39 is 24.3 Å². The minimum Gasteiger partial charge on any atom is -0.453 e. The summed E-state index contributed by atoms with van der Waals surface area (Å²) in [5.41, 5.74) is 4.75. The lowest BCUT2D eigenvalue weighted by Crippen LogP contribution is -2.51. The maximum atomic E-state index is 13.7. The zero-order valence-corrected chi connectivity index (χ0v) is 35.6. The second kappa shape index (κ2) is 17.8. The molecule has 0 bridgehead atoms. The summed E-state index contributed by atoms with van der Waals surface area (Å²) < 4.78 is 9.54. The first-order chi connectivity index (χ1) is 27.6. The predicted molar refractivity (Wildman–Crippen MR) is 222 cm³/mol. The maximum absolute atomic E-state index is 13.7. The number of nitrogens with one attached hydrogen (secondary N) is 4. The molecule has 0 spiro atoms. The zero-order valence-electron chi connectivity index (χ0n) is 34.1. The molecule has 6 atom stereocenters. The molecule has 0 saturated carbocycles. The molecule has 2 aromatic carbocycles. The predicted octanol–water partition coefficient (Wildman–Crippen LogP) is 8.02. The molecule has 0 radical (unpaired) electrons. The maximum Gasteiger partial charge on any atom is 0.407 e. The number of imidazole rings is 2. The van der Waals surface area contributed by atoms with Gasteiger partial charge in [-0.15, -0.1) is 0 Å². The Bertz CT molecular complexity index is 1970. The molecular formula is C42H52Cl2N8O6. The number of aromatic nitrogens is 4. The monoisotopic (exact) mass is 834 g/mol. The molecule has 6 rings (SSSR count). The first kappa shape index (κ1) is 42.5. The van der Waals surface area contributed by atoms with E-state index in [0.29, 0.717) is 59.3 Å². The van der Waals surface area contributed by atoms with Crippen LogP contribution >= 0.6 is 23.2 Å². The van der Waals surface area contributed by atoms with Crippen molar-refractivity contribution in [2.24, 2.45) is 23.7 Å². The van der Waals surface area contributed by atoms with Gasteiger partial charge in [0.15, 0.2) is 0 Å².